The summed E-state index contributed by atoms with van der Waals surface area (Å²) in [6, 6.07) is 6.70. The van der Waals surface area contributed by atoms with Crippen LogP contribution in [-0.4, -0.2) is 25.4 Å². The lowest BCUT2D eigenvalue weighted by atomic mass is 9.92. The molecule has 0 aliphatic carbocycles. The second kappa shape index (κ2) is 6.96. The summed E-state index contributed by atoms with van der Waals surface area (Å²) in [4.78, 5) is 12.3. The van der Waals surface area contributed by atoms with E-state index in [0.29, 0.717) is 0 Å². The van der Waals surface area contributed by atoms with Gasteiger partial charge in [0.25, 0.3) is 5.60 Å². The van der Waals surface area contributed by atoms with Crippen LogP contribution in [0.1, 0.15) is 19.4 Å². The molecule has 1 aromatic rings. The van der Waals surface area contributed by atoms with Gasteiger partial charge in [0, 0.05) is 12.7 Å². The van der Waals surface area contributed by atoms with Crippen LogP contribution in [0.3, 0.4) is 0 Å². The second-order valence-corrected chi connectivity index (χ2v) is 5.10. The maximum atomic E-state index is 13.6. The van der Waals surface area contributed by atoms with Gasteiger partial charge in [-0.25, -0.2) is 4.79 Å². The maximum absolute atomic E-state index is 13.6. The van der Waals surface area contributed by atoms with E-state index >= 15 is 0 Å². The maximum Gasteiger partial charge on any atom is 0.432 e. The highest BCUT2D eigenvalue weighted by atomic mass is 19.4. The van der Waals surface area contributed by atoms with Crippen molar-refractivity contribution < 1.29 is 27.4 Å². The van der Waals surface area contributed by atoms with Crippen molar-refractivity contribution in [2.24, 2.45) is 5.92 Å². The Hall–Kier alpha value is -1.82. The summed E-state index contributed by atoms with van der Waals surface area (Å²) in [6.45, 7) is 6.90. The van der Waals surface area contributed by atoms with E-state index in [2.05, 4.69) is 11.3 Å². The van der Waals surface area contributed by atoms with Crippen molar-refractivity contribution in [2.75, 3.05) is 7.11 Å². The van der Waals surface area contributed by atoms with Crippen molar-refractivity contribution in [1.82, 2.24) is 0 Å². The lowest BCUT2D eigenvalue weighted by Gasteiger charge is -2.33. The van der Waals surface area contributed by atoms with Crippen LogP contribution in [-0.2, 0) is 19.9 Å². The molecule has 0 N–H and O–H groups in total. The fraction of sp³-hybridized carbons (Fsp3) is 0.438. The predicted octanol–water partition coefficient (Wildman–Crippen LogP) is 3.84. The van der Waals surface area contributed by atoms with Gasteiger partial charge in [0.05, 0.1) is 0 Å². The number of alkyl halides is 3. The highest BCUT2D eigenvalue weighted by Crippen LogP contribution is 2.43. The van der Waals surface area contributed by atoms with E-state index in [1.807, 2.05) is 0 Å². The third-order valence-corrected chi connectivity index (χ3v) is 3.31. The smallest absolute Gasteiger partial charge is 0.432 e. The average molecular weight is 316 g/mol. The van der Waals surface area contributed by atoms with E-state index < -0.39 is 23.9 Å². The van der Waals surface area contributed by atoms with Crippen molar-refractivity contribution >= 4 is 5.97 Å². The zero-order chi connectivity index (χ0) is 17.0. The molecule has 6 heteroatoms. The number of rotatable bonds is 6. The van der Waals surface area contributed by atoms with E-state index in [-0.39, 0.29) is 11.5 Å². The van der Waals surface area contributed by atoms with Gasteiger partial charge in [0.2, 0.25) is 0 Å². The Morgan fingerprint density at radius 1 is 1.23 bits per heavy atom. The first-order valence-electron chi connectivity index (χ1n) is 6.71. The Morgan fingerprint density at radius 2 is 1.77 bits per heavy atom. The normalized spacial score (nSPS) is 16.0. The highest BCUT2D eigenvalue weighted by molar-refractivity contribution is 5.83. The molecule has 0 saturated heterocycles. The van der Waals surface area contributed by atoms with E-state index in [4.69, 9.17) is 4.74 Å². The fourth-order valence-corrected chi connectivity index (χ4v) is 2.05. The average Bonchev–Trinajstić information content (AvgIpc) is 2.45. The van der Waals surface area contributed by atoms with Crippen molar-refractivity contribution in [3.8, 4) is 0 Å². The van der Waals surface area contributed by atoms with E-state index in [1.54, 1.807) is 19.9 Å². The summed E-state index contributed by atoms with van der Waals surface area (Å²) >= 11 is 0. The zero-order valence-corrected chi connectivity index (χ0v) is 12.7. The monoisotopic (exact) mass is 316 g/mol. The summed E-state index contributed by atoms with van der Waals surface area (Å²) in [5, 5.41) is 0. The number of esters is 1. The number of hydrogen-bond donors (Lipinski definition) is 0. The van der Waals surface area contributed by atoms with Gasteiger partial charge >= 0.3 is 12.1 Å². The summed E-state index contributed by atoms with van der Waals surface area (Å²) in [6.07, 6.45) is -4.51. The number of carbonyl (C=O) groups excluding carboxylic acids is 1. The molecule has 0 radical (unpaired) electrons. The van der Waals surface area contributed by atoms with Crippen LogP contribution < -0.4 is 0 Å². The summed E-state index contributed by atoms with van der Waals surface area (Å²) in [5.41, 5.74) is -3.49. The minimum atomic E-state index is -4.97. The number of methoxy groups -OCH3 is 1. The van der Waals surface area contributed by atoms with Crippen LogP contribution in [0, 0.1) is 5.92 Å². The lowest BCUT2D eigenvalue weighted by molar-refractivity contribution is -0.278. The molecule has 1 aromatic carbocycles. The van der Waals surface area contributed by atoms with Crippen LogP contribution in [0.15, 0.2) is 43.0 Å². The van der Waals surface area contributed by atoms with Gasteiger partial charge in [-0.1, -0.05) is 56.8 Å². The Kier molecular flexibility index (Phi) is 5.77. The third kappa shape index (κ3) is 3.32. The van der Waals surface area contributed by atoms with Crippen LogP contribution in [0.5, 0.6) is 0 Å². The van der Waals surface area contributed by atoms with Gasteiger partial charge in [-0.05, 0) is 5.92 Å². The Morgan fingerprint density at radius 3 is 2.14 bits per heavy atom. The molecule has 0 amide bonds. The lowest BCUT2D eigenvalue weighted by Crippen LogP contribution is -2.52. The number of benzene rings is 1. The SMILES string of the molecule is C=CC(OC(=O)[C@](OC)(c1ccccc1)C(F)(F)F)C(C)C. The molecule has 122 valence electrons. The Bertz CT molecular complexity index is 511. The minimum Gasteiger partial charge on any atom is -0.455 e. The molecule has 0 saturated carbocycles. The van der Waals surface area contributed by atoms with Gasteiger partial charge in [0.1, 0.15) is 6.10 Å². The molecule has 1 unspecified atom stereocenters. The summed E-state index contributed by atoms with van der Waals surface area (Å²) < 4.78 is 50.5. The van der Waals surface area contributed by atoms with Crippen molar-refractivity contribution in [3.05, 3.63) is 48.6 Å². The first-order valence-corrected chi connectivity index (χ1v) is 6.71. The predicted molar refractivity (Wildman–Crippen MR) is 76.1 cm³/mol. The first-order chi connectivity index (χ1) is 10.2. The van der Waals surface area contributed by atoms with Crippen molar-refractivity contribution in [1.29, 1.82) is 0 Å². The van der Waals surface area contributed by atoms with E-state index in [1.165, 1.54) is 30.3 Å². The molecule has 0 spiro atoms. The van der Waals surface area contributed by atoms with Gasteiger partial charge in [-0.2, -0.15) is 13.2 Å². The highest BCUT2D eigenvalue weighted by Gasteiger charge is 2.64. The van der Waals surface area contributed by atoms with Crippen LogP contribution in [0.25, 0.3) is 0 Å². The van der Waals surface area contributed by atoms with E-state index in [9.17, 15) is 18.0 Å². The second-order valence-electron chi connectivity index (χ2n) is 5.10. The molecule has 0 aromatic heterocycles. The van der Waals surface area contributed by atoms with Gasteiger partial charge < -0.3 is 9.47 Å². The summed E-state index contributed by atoms with van der Waals surface area (Å²) in [5.74, 6) is -1.72. The number of halogens is 3. The van der Waals surface area contributed by atoms with E-state index in [0.717, 1.165) is 7.11 Å². The standard InChI is InChI=1S/C16H19F3O3/c1-5-13(11(2)3)22-14(20)15(21-4,16(17,18)19)12-9-7-6-8-10-12/h5-11,13H,1H2,2-4H3/t13?,15-/m1/s1. The molecule has 2 atom stereocenters. The van der Waals surface area contributed by atoms with Gasteiger partial charge in [0.15, 0.2) is 0 Å². The topological polar surface area (TPSA) is 35.5 Å². The molecular weight excluding hydrogens is 297 g/mol. The zero-order valence-electron chi connectivity index (χ0n) is 12.7. The molecule has 0 aliphatic heterocycles. The Balaban J connectivity index is 3.33. The molecule has 0 aliphatic rings. The molecule has 0 bridgehead atoms. The van der Waals surface area contributed by atoms with Crippen LogP contribution in [0.4, 0.5) is 13.2 Å². The molecule has 1 rings (SSSR count). The van der Waals surface area contributed by atoms with Crippen molar-refractivity contribution in [2.45, 2.75) is 31.7 Å². The molecule has 0 heterocycles. The van der Waals surface area contributed by atoms with Crippen LogP contribution in [0.2, 0.25) is 0 Å². The molecule has 3 nitrogen and oxygen atoms in total. The van der Waals surface area contributed by atoms with Crippen LogP contribution >= 0.6 is 0 Å². The molecule has 22 heavy (non-hydrogen) atoms. The third-order valence-electron chi connectivity index (χ3n) is 3.31. The summed E-state index contributed by atoms with van der Waals surface area (Å²) in [7, 11) is 0.833. The van der Waals surface area contributed by atoms with Gasteiger partial charge in [-0.15, -0.1) is 0 Å². The first kappa shape index (κ1) is 18.2. The van der Waals surface area contributed by atoms with Gasteiger partial charge in [-0.3, -0.25) is 0 Å². The molecule has 0 fully saturated rings. The Labute approximate surface area is 127 Å². The molecular formula is C16H19F3O3. The largest absolute Gasteiger partial charge is 0.455 e. The number of hydrogen-bond acceptors (Lipinski definition) is 3. The van der Waals surface area contributed by atoms with Crippen molar-refractivity contribution in [3.63, 3.8) is 0 Å². The quantitative estimate of drug-likeness (QED) is 0.591. The fourth-order valence-electron chi connectivity index (χ4n) is 2.05. The minimum absolute atomic E-state index is 0.208. The number of carbonyl (C=O) groups is 1. The number of ether oxygens (including phenoxy) is 2.